The van der Waals surface area contributed by atoms with Gasteiger partial charge in [-0.3, -0.25) is 0 Å². The highest BCUT2D eigenvalue weighted by Crippen LogP contribution is 2.31. The molecule has 1 atom stereocenters. The normalized spacial score (nSPS) is 13.0. The average Bonchev–Trinajstić information content (AvgIpc) is 2.97. The van der Waals surface area contributed by atoms with Gasteiger partial charge in [0.15, 0.2) is 5.65 Å². The van der Waals surface area contributed by atoms with E-state index in [0.29, 0.717) is 5.88 Å². The van der Waals surface area contributed by atoms with Gasteiger partial charge in [0.25, 0.3) is 0 Å². The maximum atomic E-state index is 6.08. The zero-order valence-corrected chi connectivity index (χ0v) is 15.1. The van der Waals surface area contributed by atoms with Crippen LogP contribution in [-0.4, -0.2) is 19.5 Å². The molecule has 7 heteroatoms. The number of fused-ring (bicyclic) bond motifs is 1. The van der Waals surface area contributed by atoms with E-state index >= 15 is 0 Å². The van der Waals surface area contributed by atoms with Crippen molar-refractivity contribution >= 4 is 50.0 Å². The van der Waals surface area contributed by atoms with Crippen LogP contribution in [0.25, 0.3) is 11.2 Å². The van der Waals surface area contributed by atoms with Crippen molar-refractivity contribution in [2.45, 2.75) is 32.7 Å². The molecule has 3 aromatic heterocycles. The third-order valence-electron chi connectivity index (χ3n) is 3.40. The number of thiazole rings is 1. The molecular weight excluding hydrogens is 372 g/mol. The van der Waals surface area contributed by atoms with Crippen LogP contribution in [0.1, 0.15) is 34.4 Å². The van der Waals surface area contributed by atoms with Gasteiger partial charge in [-0.25, -0.2) is 15.0 Å². The molecule has 0 N–H and O–H groups in total. The van der Waals surface area contributed by atoms with Gasteiger partial charge in [-0.05, 0) is 42.8 Å². The SMILES string of the molecule is Cc1nc(C)c(C(C)n2c(CCl)nc3cc(Br)cnc32)s1. The molecule has 1 unspecified atom stereocenters. The standard InChI is InChI=1S/C14H14BrClN4S/c1-7-13(21-9(3)18-7)8(2)20-12(5-16)19-11-4-10(15)6-17-14(11)20/h4,6,8H,5H2,1-3H3. The number of imidazole rings is 1. The van der Waals surface area contributed by atoms with Crippen molar-refractivity contribution in [3.63, 3.8) is 0 Å². The van der Waals surface area contributed by atoms with E-state index < -0.39 is 0 Å². The van der Waals surface area contributed by atoms with Gasteiger partial charge in [-0.1, -0.05) is 0 Å². The molecule has 0 bridgehead atoms. The molecule has 21 heavy (non-hydrogen) atoms. The van der Waals surface area contributed by atoms with Crippen LogP contribution in [0, 0.1) is 13.8 Å². The highest BCUT2D eigenvalue weighted by Gasteiger charge is 2.21. The summed E-state index contributed by atoms with van der Waals surface area (Å²) in [6.07, 6.45) is 1.79. The van der Waals surface area contributed by atoms with Crippen LogP contribution >= 0.6 is 38.9 Å². The Morgan fingerprint density at radius 2 is 2.14 bits per heavy atom. The Bertz CT molecular complexity index is 811. The molecule has 0 fully saturated rings. The number of pyridine rings is 1. The fraction of sp³-hybridized carbons (Fsp3) is 0.357. The highest BCUT2D eigenvalue weighted by molar-refractivity contribution is 9.10. The van der Waals surface area contributed by atoms with Gasteiger partial charge in [-0.2, -0.15) is 0 Å². The summed E-state index contributed by atoms with van der Waals surface area (Å²) < 4.78 is 3.02. The first-order valence-electron chi connectivity index (χ1n) is 6.53. The van der Waals surface area contributed by atoms with Gasteiger partial charge >= 0.3 is 0 Å². The predicted octanol–water partition coefficient (Wildman–Crippen LogP) is 4.62. The molecule has 0 aromatic carbocycles. The van der Waals surface area contributed by atoms with Gasteiger partial charge in [0.1, 0.15) is 11.3 Å². The summed E-state index contributed by atoms with van der Waals surface area (Å²) in [5.41, 5.74) is 2.77. The van der Waals surface area contributed by atoms with Crippen LogP contribution in [0.4, 0.5) is 0 Å². The van der Waals surface area contributed by atoms with E-state index in [0.717, 1.165) is 32.2 Å². The molecule has 0 spiro atoms. The van der Waals surface area contributed by atoms with E-state index in [1.807, 2.05) is 19.9 Å². The highest BCUT2D eigenvalue weighted by atomic mass is 79.9. The first-order valence-corrected chi connectivity index (χ1v) is 8.68. The Balaban J connectivity index is 2.20. The summed E-state index contributed by atoms with van der Waals surface area (Å²) in [7, 11) is 0. The number of halogens is 2. The van der Waals surface area contributed by atoms with Gasteiger partial charge in [0, 0.05) is 10.7 Å². The van der Waals surface area contributed by atoms with Crippen LogP contribution in [0.3, 0.4) is 0 Å². The minimum absolute atomic E-state index is 0.114. The van der Waals surface area contributed by atoms with E-state index in [4.69, 9.17) is 11.6 Å². The van der Waals surface area contributed by atoms with Gasteiger partial charge < -0.3 is 4.57 Å². The third kappa shape index (κ3) is 2.60. The predicted molar refractivity (Wildman–Crippen MR) is 90.2 cm³/mol. The topological polar surface area (TPSA) is 43.6 Å². The first-order chi connectivity index (χ1) is 10.0. The molecule has 110 valence electrons. The van der Waals surface area contributed by atoms with Crippen molar-refractivity contribution in [1.29, 1.82) is 0 Å². The maximum absolute atomic E-state index is 6.08. The molecule has 0 radical (unpaired) electrons. The minimum Gasteiger partial charge on any atom is -0.303 e. The fourth-order valence-corrected chi connectivity index (χ4v) is 4.04. The number of aromatic nitrogens is 4. The van der Waals surface area contributed by atoms with Crippen LogP contribution in [-0.2, 0) is 5.88 Å². The van der Waals surface area contributed by atoms with Crippen LogP contribution in [0.15, 0.2) is 16.7 Å². The average molecular weight is 386 g/mol. The molecule has 0 aliphatic rings. The molecule has 3 aromatic rings. The second-order valence-electron chi connectivity index (χ2n) is 4.89. The van der Waals surface area contributed by atoms with Crippen molar-refractivity contribution < 1.29 is 0 Å². The lowest BCUT2D eigenvalue weighted by molar-refractivity contribution is 0.634. The fourth-order valence-electron chi connectivity index (χ4n) is 2.56. The summed E-state index contributed by atoms with van der Waals surface area (Å²) >= 11 is 11.2. The number of aryl methyl sites for hydroxylation is 2. The lowest BCUT2D eigenvalue weighted by atomic mass is 10.2. The van der Waals surface area contributed by atoms with E-state index in [-0.39, 0.29) is 6.04 Å². The third-order valence-corrected chi connectivity index (χ3v) is 5.31. The minimum atomic E-state index is 0.114. The number of nitrogens with zero attached hydrogens (tertiary/aromatic N) is 4. The monoisotopic (exact) mass is 384 g/mol. The molecule has 0 aliphatic carbocycles. The Morgan fingerprint density at radius 3 is 2.76 bits per heavy atom. The largest absolute Gasteiger partial charge is 0.303 e. The summed E-state index contributed by atoms with van der Waals surface area (Å²) in [4.78, 5) is 14.8. The molecule has 0 amide bonds. The zero-order valence-electron chi connectivity index (χ0n) is 11.9. The Kier molecular flexibility index (Phi) is 4.03. The summed E-state index contributed by atoms with van der Waals surface area (Å²) in [5.74, 6) is 1.19. The number of alkyl halides is 1. The number of hydrogen-bond acceptors (Lipinski definition) is 4. The van der Waals surface area contributed by atoms with E-state index in [2.05, 4.69) is 42.4 Å². The smallest absolute Gasteiger partial charge is 0.160 e. The summed E-state index contributed by atoms with van der Waals surface area (Å²) in [5, 5.41) is 1.07. The van der Waals surface area contributed by atoms with Crippen molar-refractivity contribution in [2.24, 2.45) is 0 Å². The maximum Gasteiger partial charge on any atom is 0.160 e. The lowest BCUT2D eigenvalue weighted by Gasteiger charge is -2.15. The summed E-state index contributed by atoms with van der Waals surface area (Å²) in [6, 6.07) is 2.08. The molecule has 4 nitrogen and oxygen atoms in total. The molecule has 0 aliphatic heterocycles. The molecule has 0 saturated heterocycles. The van der Waals surface area contributed by atoms with Crippen LogP contribution < -0.4 is 0 Å². The van der Waals surface area contributed by atoms with Crippen LogP contribution in [0.5, 0.6) is 0 Å². The lowest BCUT2D eigenvalue weighted by Crippen LogP contribution is -2.10. The Morgan fingerprint density at radius 1 is 1.38 bits per heavy atom. The first kappa shape index (κ1) is 14.9. The van der Waals surface area contributed by atoms with Crippen molar-refractivity contribution in [1.82, 2.24) is 19.5 Å². The van der Waals surface area contributed by atoms with Gasteiger partial charge in [0.2, 0.25) is 0 Å². The van der Waals surface area contributed by atoms with Gasteiger partial charge in [-0.15, -0.1) is 22.9 Å². The van der Waals surface area contributed by atoms with E-state index in [1.54, 1.807) is 17.5 Å². The van der Waals surface area contributed by atoms with Crippen molar-refractivity contribution in [2.75, 3.05) is 0 Å². The second kappa shape index (κ2) is 5.66. The Hall–Kier alpha value is -0.980. The summed E-state index contributed by atoms with van der Waals surface area (Å²) in [6.45, 7) is 6.21. The van der Waals surface area contributed by atoms with Crippen molar-refractivity contribution in [3.05, 3.63) is 38.1 Å². The zero-order chi connectivity index (χ0) is 15.1. The molecular formula is C14H14BrClN4S. The Labute approximate surface area is 140 Å². The second-order valence-corrected chi connectivity index (χ2v) is 7.30. The van der Waals surface area contributed by atoms with Gasteiger partial charge in [0.05, 0.1) is 27.5 Å². The van der Waals surface area contributed by atoms with Crippen LogP contribution in [0.2, 0.25) is 0 Å². The molecule has 0 saturated carbocycles. The molecule has 3 rings (SSSR count). The van der Waals surface area contributed by atoms with E-state index in [9.17, 15) is 0 Å². The van der Waals surface area contributed by atoms with E-state index in [1.165, 1.54) is 4.88 Å². The van der Waals surface area contributed by atoms with Crippen molar-refractivity contribution in [3.8, 4) is 0 Å². The number of hydrogen-bond donors (Lipinski definition) is 0. The quantitative estimate of drug-likeness (QED) is 0.618. The molecule has 3 heterocycles. The number of rotatable bonds is 3.